The number of carbonyl (C=O) groups is 1. The summed E-state index contributed by atoms with van der Waals surface area (Å²) in [5, 5.41) is 3.60. The molecule has 0 bridgehead atoms. The quantitative estimate of drug-likeness (QED) is 0.770. The van der Waals surface area contributed by atoms with Crippen molar-refractivity contribution >= 4 is 18.3 Å². The van der Waals surface area contributed by atoms with Gasteiger partial charge in [-0.1, -0.05) is 12.8 Å². The minimum Gasteiger partial charge on any atom is -0.343 e. The van der Waals surface area contributed by atoms with Crippen LogP contribution >= 0.6 is 12.4 Å². The van der Waals surface area contributed by atoms with Crippen LogP contribution in [0.4, 0.5) is 0 Å². The summed E-state index contributed by atoms with van der Waals surface area (Å²) in [6.45, 7) is 3.02. The average Bonchev–Trinajstić information content (AvgIpc) is 2.79. The molecule has 1 N–H and O–H groups in total. The molecule has 1 saturated heterocycles. The molecule has 0 aromatic rings. The first kappa shape index (κ1) is 14.8. The Balaban J connectivity index is 0.00000144. The first-order valence-electron chi connectivity index (χ1n) is 6.87. The van der Waals surface area contributed by atoms with Crippen LogP contribution < -0.4 is 5.32 Å². The number of amides is 1. The summed E-state index contributed by atoms with van der Waals surface area (Å²) in [4.78, 5) is 13.6. The Hall–Kier alpha value is -0.280. The van der Waals surface area contributed by atoms with E-state index in [4.69, 9.17) is 0 Å². The maximum absolute atomic E-state index is 11.6. The Bertz CT molecular complexity index is 229. The van der Waals surface area contributed by atoms with Crippen molar-refractivity contribution in [3.8, 4) is 0 Å². The number of halogens is 1. The lowest BCUT2D eigenvalue weighted by molar-refractivity contribution is -0.133. The highest BCUT2D eigenvalue weighted by Gasteiger charge is 2.17. The Labute approximate surface area is 111 Å². The van der Waals surface area contributed by atoms with Crippen molar-refractivity contribution in [1.82, 2.24) is 10.2 Å². The molecule has 1 saturated carbocycles. The molecule has 0 spiro atoms. The predicted molar refractivity (Wildman–Crippen MR) is 72.6 cm³/mol. The monoisotopic (exact) mass is 260 g/mol. The van der Waals surface area contributed by atoms with Crippen molar-refractivity contribution in [3.05, 3.63) is 0 Å². The average molecular weight is 261 g/mol. The maximum Gasteiger partial charge on any atom is 0.222 e. The van der Waals surface area contributed by atoms with Crippen LogP contribution in [0.15, 0.2) is 0 Å². The van der Waals surface area contributed by atoms with E-state index >= 15 is 0 Å². The van der Waals surface area contributed by atoms with Gasteiger partial charge in [-0.3, -0.25) is 4.79 Å². The Kier molecular flexibility index (Phi) is 6.90. The molecule has 0 atom stereocenters. The van der Waals surface area contributed by atoms with Gasteiger partial charge >= 0.3 is 0 Å². The van der Waals surface area contributed by atoms with Gasteiger partial charge in [0.1, 0.15) is 0 Å². The number of hydrogen-bond acceptors (Lipinski definition) is 2. The summed E-state index contributed by atoms with van der Waals surface area (Å²) in [6, 6.07) is 0.761. The van der Waals surface area contributed by atoms with E-state index < -0.39 is 0 Å². The van der Waals surface area contributed by atoms with E-state index in [1.807, 2.05) is 4.90 Å². The largest absolute Gasteiger partial charge is 0.343 e. The molecule has 1 heterocycles. The van der Waals surface area contributed by atoms with Crippen LogP contribution in [0.3, 0.4) is 0 Å². The molecule has 4 heteroatoms. The van der Waals surface area contributed by atoms with Gasteiger partial charge in [0.2, 0.25) is 5.91 Å². The fraction of sp³-hybridized carbons (Fsp3) is 0.923. The molecule has 1 aliphatic carbocycles. The number of piperidine rings is 1. The van der Waals surface area contributed by atoms with Gasteiger partial charge in [-0.25, -0.2) is 0 Å². The minimum absolute atomic E-state index is 0. The van der Waals surface area contributed by atoms with Gasteiger partial charge in [0.25, 0.3) is 0 Å². The van der Waals surface area contributed by atoms with E-state index in [1.165, 1.54) is 32.1 Å². The molecule has 17 heavy (non-hydrogen) atoms. The molecule has 2 rings (SSSR count). The Morgan fingerprint density at radius 2 is 1.94 bits per heavy atom. The van der Waals surface area contributed by atoms with Crippen molar-refractivity contribution in [3.63, 3.8) is 0 Å². The molecule has 1 aliphatic heterocycles. The van der Waals surface area contributed by atoms with Gasteiger partial charge in [-0.05, 0) is 38.6 Å². The zero-order chi connectivity index (χ0) is 11.2. The van der Waals surface area contributed by atoms with Crippen molar-refractivity contribution < 1.29 is 4.79 Å². The second-order valence-electron chi connectivity index (χ2n) is 5.13. The third-order valence-corrected chi connectivity index (χ3v) is 3.81. The molecule has 0 aromatic carbocycles. The van der Waals surface area contributed by atoms with Crippen LogP contribution in [0, 0.1) is 0 Å². The maximum atomic E-state index is 11.6. The summed E-state index contributed by atoms with van der Waals surface area (Å²) < 4.78 is 0. The Morgan fingerprint density at radius 3 is 2.65 bits per heavy atom. The SMILES string of the molecule is Cl.O=C1CCCCN1CCCNC1CCCC1. The van der Waals surface area contributed by atoms with Crippen LogP contribution in [0.2, 0.25) is 0 Å². The van der Waals surface area contributed by atoms with Crippen molar-refractivity contribution in [2.45, 2.75) is 57.4 Å². The first-order chi connectivity index (χ1) is 7.86. The molecular weight excluding hydrogens is 236 g/mol. The normalized spacial score (nSPS) is 21.6. The smallest absolute Gasteiger partial charge is 0.222 e. The van der Waals surface area contributed by atoms with E-state index in [2.05, 4.69) is 5.32 Å². The van der Waals surface area contributed by atoms with Crippen molar-refractivity contribution in [2.75, 3.05) is 19.6 Å². The summed E-state index contributed by atoms with van der Waals surface area (Å²) in [5.41, 5.74) is 0. The van der Waals surface area contributed by atoms with Gasteiger partial charge in [0.05, 0.1) is 0 Å². The van der Waals surface area contributed by atoms with E-state index in [9.17, 15) is 4.79 Å². The van der Waals surface area contributed by atoms with Gasteiger partial charge in [0.15, 0.2) is 0 Å². The molecule has 2 fully saturated rings. The minimum atomic E-state index is 0. The van der Waals surface area contributed by atoms with Gasteiger partial charge in [0, 0.05) is 25.6 Å². The van der Waals surface area contributed by atoms with Crippen molar-refractivity contribution in [1.29, 1.82) is 0 Å². The lowest BCUT2D eigenvalue weighted by Gasteiger charge is -2.26. The highest BCUT2D eigenvalue weighted by molar-refractivity contribution is 5.85. The molecule has 0 radical (unpaired) electrons. The fourth-order valence-electron chi connectivity index (χ4n) is 2.80. The molecule has 0 aromatic heterocycles. The van der Waals surface area contributed by atoms with E-state index in [1.54, 1.807) is 0 Å². The van der Waals surface area contributed by atoms with E-state index in [-0.39, 0.29) is 12.4 Å². The zero-order valence-corrected chi connectivity index (χ0v) is 11.4. The van der Waals surface area contributed by atoms with Crippen LogP contribution in [-0.2, 0) is 4.79 Å². The molecule has 1 amide bonds. The molecular formula is C13H25ClN2O. The molecule has 3 nitrogen and oxygen atoms in total. The second-order valence-corrected chi connectivity index (χ2v) is 5.13. The van der Waals surface area contributed by atoms with Gasteiger partial charge in [-0.15, -0.1) is 12.4 Å². The van der Waals surface area contributed by atoms with Crippen LogP contribution in [-0.4, -0.2) is 36.5 Å². The first-order valence-corrected chi connectivity index (χ1v) is 6.87. The highest BCUT2D eigenvalue weighted by atomic mass is 35.5. The summed E-state index contributed by atoms with van der Waals surface area (Å²) in [5.74, 6) is 0.368. The summed E-state index contributed by atoms with van der Waals surface area (Å²) in [6.07, 6.45) is 9.66. The lowest BCUT2D eigenvalue weighted by Crippen LogP contribution is -2.37. The van der Waals surface area contributed by atoms with Crippen LogP contribution in [0.1, 0.15) is 51.4 Å². The van der Waals surface area contributed by atoms with Gasteiger partial charge < -0.3 is 10.2 Å². The van der Waals surface area contributed by atoms with Gasteiger partial charge in [-0.2, -0.15) is 0 Å². The topological polar surface area (TPSA) is 32.3 Å². The van der Waals surface area contributed by atoms with Crippen LogP contribution in [0.5, 0.6) is 0 Å². The van der Waals surface area contributed by atoms with E-state index in [0.717, 1.165) is 44.9 Å². The van der Waals surface area contributed by atoms with Crippen molar-refractivity contribution in [2.24, 2.45) is 0 Å². The molecule has 2 aliphatic rings. The third-order valence-electron chi connectivity index (χ3n) is 3.81. The number of nitrogens with zero attached hydrogens (tertiary/aromatic N) is 1. The number of hydrogen-bond donors (Lipinski definition) is 1. The van der Waals surface area contributed by atoms with E-state index in [0.29, 0.717) is 5.91 Å². The number of rotatable bonds is 5. The fourth-order valence-corrected chi connectivity index (χ4v) is 2.80. The predicted octanol–water partition coefficient (Wildman–Crippen LogP) is 2.34. The number of nitrogens with one attached hydrogen (secondary N) is 1. The summed E-state index contributed by atoms with van der Waals surface area (Å²) >= 11 is 0. The summed E-state index contributed by atoms with van der Waals surface area (Å²) in [7, 11) is 0. The zero-order valence-electron chi connectivity index (χ0n) is 10.6. The van der Waals surface area contributed by atoms with Crippen LogP contribution in [0.25, 0.3) is 0 Å². The molecule has 100 valence electrons. The Morgan fingerprint density at radius 1 is 1.18 bits per heavy atom. The highest BCUT2D eigenvalue weighted by Crippen LogP contribution is 2.17. The third kappa shape index (κ3) is 4.84. The number of likely N-dealkylation sites (tertiary alicyclic amines) is 1. The lowest BCUT2D eigenvalue weighted by atomic mass is 10.1. The molecule has 0 unspecified atom stereocenters. The number of carbonyl (C=O) groups excluding carboxylic acids is 1. The second kappa shape index (κ2) is 7.93. The standard InChI is InChI=1S/C13H24N2O.ClH/c16-13-8-3-4-10-15(13)11-5-9-14-12-6-1-2-7-12;/h12,14H,1-11H2;1H.